The fraction of sp³-hybridized carbons (Fsp3) is 0.0769. The molecule has 1 aromatic heterocycles. The summed E-state index contributed by atoms with van der Waals surface area (Å²) >= 11 is 6.01. The van der Waals surface area contributed by atoms with Gasteiger partial charge in [0, 0.05) is 11.8 Å². The van der Waals surface area contributed by atoms with Gasteiger partial charge in [-0.25, -0.2) is 4.79 Å². The molecule has 4 heteroatoms. The Morgan fingerprint density at radius 1 is 1.29 bits per heavy atom. The van der Waals surface area contributed by atoms with Gasteiger partial charge in [0.25, 0.3) is 0 Å². The monoisotopic (exact) mass is 247 g/mol. The fourth-order valence-corrected chi connectivity index (χ4v) is 1.69. The van der Waals surface area contributed by atoms with E-state index in [-0.39, 0.29) is 5.56 Å². The molecule has 1 aromatic carbocycles. The molecule has 1 heterocycles. The Balaban J connectivity index is 2.41. The molecule has 2 aromatic rings. The average molecular weight is 248 g/mol. The Labute approximate surface area is 104 Å². The van der Waals surface area contributed by atoms with Gasteiger partial charge in [0.2, 0.25) is 0 Å². The van der Waals surface area contributed by atoms with Crippen molar-refractivity contribution in [1.82, 2.24) is 4.98 Å². The molecule has 86 valence electrons. The molecule has 0 radical (unpaired) electrons. The summed E-state index contributed by atoms with van der Waals surface area (Å²) in [6, 6.07) is 11.3. The largest absolute Gasteiger partial charge is 0.465 e. The van der Waals surface area contributed by atoms with E-state index in [1.165, 1.54) is 13.3 Å². The quantitative estimate of drug-likeness (QED) is 0.765. The van der Waals surface area contributed by atoms with Crippen molar-refractivity contribution in [2.24, 2.45) is 0 Å². The van der Waals surface area contributed by atoms with Crippen LogP contribution < -0.4 is 0 Å². The first-order valence-corrected chi connectivity index (χ1v) is 5.39. The molecule has 0 bridgehead atoms. The van der Waals surface area contributed by atoms with Crippen LogP contribution in [0.1, 0.15) is 10.4 Å². The lowest BCUT2D eigenvalue weighted by Gasteiger charge is -2.04. The molecule has 3 nitrogen and oxygen atoms in total. The summed E-state index contributed by atoms with van der Waals surface area (Å²) in [7, 11) is 1.31. The molecule has 0 aliphatic carbocycles. The van der Waals surface area contributed by atoms with Crippen molar-refractivity contribution in [2.75, 3.05) is 7.11 Å². The maximum Gasteiger partial charge on any atom is 0.340 e. The van der Waals surface area contributed by atoms with Crippen LogP contribution >= 0.6 is 11.6 Å². The number of carbonyl (C=O) groups excluding carboxylic acids is 1. The Hall–Kier alpha value is -1.87. The Morgan fingerprint density at radius 2 is 2.00 bits per heavy atom. The molecular formula is C13H10ClNO2. The number of benzene rings is 1. The third-order valence-corrected chi connectivity index (χ3v) is 2.64. The Bertz CT molecular complexity index is 540. The van der Waals surface area contributed by atoms with Gasteiger partial charge in [0.15, 0.2) is 0 Å². The van der Waals surface area contributed by atoms with Crippen molar-refractivity contribution in [2.45, 2.75) is 0 Å². The van der Waals surface area contributed by atoms with Crippen LogP contribution in [0.4, 0.5) is 0 Å². The molecule has 0 amide bonds. The second-order valence-electron chi connectivity index (χ2n) is 3.41. The molecule has 0 saturated heterocycles. The van der Waals surface area contributed by atoms with Gasteiger partial charge in [0.05, 0.1) is 23.4 Å². The Kier molecular flexibility index (Phi) is 3.40. The lowest BCUT2D eigenvalue weighted by Crippen LogP contribution is -2.03. The number of methoxy groups -OCH3 is 1. The van der Waals surface area contributed by atoms with Crippen LogP contribution in [0.25, 0.3) is 11.3 Å². The van der Waals surface area contributed by atoms with E-state index in [0.29, 0.717) is 5.02 Å². The van der Waals surface area contributed by atoms with E-state index < -0.39 is 5.97 Å². The molecule has 0 fully saturated rings. The zero-order chi connectivity index (χ0) is 12.3. The van der Waals surface area contributed by atoms with Crippen LogP contribution in [0.3, 0.4) is 0 Å². The number of halogens is 1. The number of nitrogens with zero attached hydrogens (tertiary/aromatic N) is 1. The molecular weight excluding hydrogens is 238 g/mol. The highest BCUT2D eigenvalue weighted by atomic mass is 35.5. The van der Waals surface area contributed by atoms with Crippen LogP contribution in [0.15, 0.2) is 42.6 Å². The number of hydrogen-bond acceptors (Lipinski definition) is 3. The minimum Gasteiger partial charge on any atom is -0.465 e. The molecule has 0 N–H and O–H groups in total. The SMILES string of the molecule is COC(=O)c1cnc(-c2ccccc2)cc1Cl. The van der Waals surface area contributed by atoms with E-state index in [1.807, 2.05) is 30.3 Å². The van der Waals surface area contributed by atoms with Crippen molar-refractivity contribution in [3.05, 3.63) is 53.2 Å². The predicted octanol–water partition coefficient (Wildman–Crippen LogP) is 3.19. The first kappa shape index (κ1) is 11.6. The average Bonchev–Trinajstić information content (AvgIpc) is 2.39. The third kappa shape index (κ3) is 2.45. The molecule has 0 atom stereocenters. The molecule has 0 unspecified atom stereocenters. The normalized spacial score (nSPS) is 10.0. The van der Waals surface area contributed by atoms with Gasteiger partial charge < -0.3 is 4.74 Å². The minimum atomic E-state index is -0.484. The van der Waals surface area contributed by atoms with Gasteiger partial charge in [-0.3, -0.25) is 4.98 Å². The van der Waals surface area contributed by atoms with Crippen LogP contribution in [0, 0.1) is 0 Å². The van der Waals surface area contributed by atoms with Crippen molar-refractivity contribution < 1.29 is 9.53 Å². The van der Waals surface area contributed by atoms with Gasteiger partial charge in [0.1, 0.15) is 0 Å². The number of pyridine rings is 1. The van der Waals surface area contributed by atoms with Crippen LogP contribution in [-0.2, 0) is 4.74 Å². The van der Waals surface area contributed by atoms with Crippen LogP contribution in [0.5, 0.6) is 0 Å². The highest BCUT2D eigenvalue weighted by molar-refractivity contribution is 6.33. The number of carbonyl (C=O) groups is 1. The lowest BCUT2D eigenvalue weighted by molar-refractivity contribution is 0.0600. The molecule has 2 rings (SSSR count). The number of esters is 1. The van der Waals surface area contributed by atoms with Crippen molar-refractivity contribution in [3.8, 4) is 11.3 Å². The topological polar surface area (TPSA) is 39.2 Å². The molecule has 0 aliphatic rings. The van der Waals surface area contributed by atoms with E-state index >= 15 is 0 Å². The predicted molar refractivity (Wildman–Crippen MR) is 66.0 cm³/mol. The van der Waals surface area contributed by atoms with Gasteiger partial charge in [-0.2, -0.15) is 0 Å². The van der Waals surface area contributed by atoms with E-state index in [0.717, 1.165) is 11.3 Å². The summed E-state index contributed by atoms with van der Waals surface area (Å²) in [5.41, 5.74) is 1.95. The van der Waals surface area contributed by atoms with Crippen molar-refractivity contribution in [3.63, 3.8) is 0 Å². The summed E-state index contributed by atoms with van der Waals surface area (Å²) in [5.74, 6) is -0.484. The van der Waals surface area contributed by atoms with E-state index in [9.17, 15) is 4.79 Å². The summed E-state index contributed by atoms with van der Waals surface area (Å²) in [5, 5.41) is 0.339. The summed E-state index contributed by atoms with van der Waals surface area (Å²) in [6.45, 7) is 0. The van der Waals surface area contributed by atoms with E-state index in [4.69, 9.17) is 11.6 Å². The van der Waals surface area contributed by atoms with Gasteiger partial charge >= 0.3 is 5.97 Å². The molecule has 17 heavy (non-hydrogen) atoms. The van der Waals surface area contributed by atoms with Crippen LogP contribution in [-0.4, -0.2) is 18.1 Å². The highest BCUT2D eigenvalue weighted by Gasteiger charge is 2.12. The van der Waals surface area contributed by atoms with Gasteiger partial charge in [-0.1, -0.05) is 41.9 Å². The standard InChI is InChI=1S/C13H10ClNO2/c1-17-13(16)10-8-15-12(7-11(10)14)9-5-3-2-4-6-9/h2-8H,1H3. The Morgan fingerprint density at radius 3 is 2.59 bits per heavy atom. The number of ether oxygens (including phenoxy) is 1. The first-order chi connectivity index (χ1) is 8.22. The second kappa shape index (κ2) is 4.97. The fourth-order valence-electron chi connectivity index (χ4n) is 1.46. The maximum absolute atomic E-state index is 11.3. The number of aromatic nitrogens is 1. The minimum absolute atomic E-state index is 0.272. The van der Waals surface area contributed by atoms with Crippen molar-refractivity contribution >= 4 is 17.6 Å². The number of rotatable bonds is 2. The summed E-state index contributed by atoms with van der Waals surface area (Å²) in [6.07, 6.45) is 1.43. The molecule has 0 aliphatic heterocycles. The number of hydrogen-bond donors (Lipinski definition) is 0. The summed E-state index contributed by atoms with van der Waals surface area (Å²) in [4.78, 5) is 15.5. The highest BCUT2D eigenvalue weighted by Crippen LogP contribution is 2.23. The molecule has 0 spiro atoms. The van der Waals surface area contributed by atoms with Crippen molar-refractivity contribution in [1.29, 1.82) is 0 Å². The maximum atomic E-state index is 11.3. The van der Waals surface area contributed by atoms with E-state index in [1.54, 1.807) is 6.07 Å². The second-order valence-corrected chi connectivity index (χ2v) is 3.81. The van der Waals surface area contributed by atoms with Gasteiger partial charge in [-0.15, -0.1) is 0 Å². The first-order valence-electron chi connectivity index (χ1n) is 5.01. The van der Waals surface area contributed by atoms with Crippen LogP contribution in [0.2, 0.25) is 5.02 Å². The smallest absolute Gasteiger partial charge is 0.340 e. The third-order valence-electron chi connectivity index (χ3n) is 2.33. The summed E-state index contributed by atoms with van der Waals surface area (Å²) < 4.78 is 4.60. The van der Waals surface area contributed by atoms with Gasteiger partial charge in [-0.05, 0) is 6.07 Å². The zero-order valence-corrected chi connectivity index (χ0v) is 9.94. The zero-order valence-electron chi connectivity index (χ0n) is 9.18. The van der Waals surface area contributed by atoms with E-state index in [2.05, 4.69) is 9.72 Å². The lowest BCUT2D eigenvalue weighted by atomic mass is 10.1. The molecule has 0 saturated carbocycles.